The fourth-order valence-corrected chi connectivity index (χ4v) is 3.10. The average Bonchev–Trinajstić information content (AvgIpc) is 3.19. The highest BCUT2D eigenvalue weighted by molar-refractivity contribution is 5.98. The standard InChI is InChI=1S/C18H22N4O3/c1-25-16-4-2-14(3-5-16)18(24)15-6-9-21(10-7-15)17(23)8-11-22-13-19-12-20-22/h2-5,12-13,15H,6-11H2,1H3. The molecule has 7 heteroatoms. The molecule has 1 fully saturated rings. The zero-order valence-corrected chi connectivity index (χ0v) is 14.3. The molecule has 1 saturated heterocycles. The van der Waals surface area contributed by atoms with Crippen LogP contribution < -0.4 is 4.74 Å². The summed E-state index contributed by atoms with van der Waals surface area (Å²) in [4.78, 5) is 30.6. The lowest BCUT2D eigenvalue weighted by Gasteiger charge is -2.31. The molecule has 0 spiro atoms. The molecular weight excluding hydrogens is 320 g/mol. The van der Waals surface area contributed by atoms with E-state index in [4.69, 9.17) is 4.74 Å². The van der Waals surface area contributed by atoms with Gasteiger partial charge in [0.25, 0.3) is 0 Å². The van der Waals surface area contributed by atoms with Crippen LogP contribution in [0.3, 0.4) is 0 Å². The Hall–Kier alpha value is -2.70. The number of ether oxygens (including phenoxy) is 1. The number of nitrogens with zero attached hydrogens (tertiary/aromatic N) is 4. The van der Waals surface area contributed by atoms with Crippen molar-refractivity contribution in [2.45, 2.75) is 25.8 Å². The molecule has 1 aromatic carbocycles. The number of carbonyl (C=O) groups excluding carboxylic acids is 2. The van der Waals surface area contributed by atoms with Gasteiger partial charge in [-0.15, -0.1) is 0 Å². The summed E-state index contributed by atoms with van der Waals surface area (Å²) in [6.07, 6.45) is 4.88. The number of methoxy groups -OCH3 is 1. The van der Waals surface area contributed by atoms with Gasteiger partial charge in [-0.25, -0.2) is 4.98 Å². The zero-order chi connectivity index (χ0) is 17.6. The lowest BCUT2D eigenvalue weighted by molar-refractivity contribution is -0.132. The molecule has 0 atom stereocenters. The number of amides is 1. The number of ketones is 1. The van der Waals surface area contributed by atoms with Gasteiger partial charge in [0.05, 0.1) is 13.7 Å². The Balaban J connectivity index is 1.48. The molecule has 0 aliphatic carbocycles. The molecule has 2 heterocycles. The smallest absolute Gasteiger partial charge is 0.224 e. The fraction of sp³-hybridized carbons (Fsp3) is 0.444. The van der Waals surface area contributed by atoms with Gasteiger partial charge in [-0.1, -0.05) is 0 Å². The Morgan fingerprint density at radius 2 is 1.92 bits per heavy atom. The highest BCUT2D eigenvalue weighted by Crippen LogP contribution is 2.23. The number of benzene rings is 1. The second kappa shape index (κ2) is 7.92. The molecule has 1 aliphatic heterocycles. The molecule has 0 saturated carbocycles. The van der Waals surface area contributed by atoms with Crippen molar-refractivity contribution in [3.63, 3.8) is 0 Å². The molecule has 7 nitrogen and oxygen atoms in total. The summed E-state index contributed by atoms with van der Waals surface area (Å²) in [6, 6.07) is 7.21. The number of piperidine rings is 1. The van der Waals surface area contributed by atoms with Crippen LogP contribution >= 0.6 is 0 Å². The Morgan fingerprint density at radius 1 is 1.20 bits per heavy atom. The van der Waals surface area contributed by atoms with E-state index in [1.54, 1.807) is 42.4 Å². The van der Waals surface area contributed by atoms with Crippen LogP contribution in [-0.4, -0.2) is 51.6 Å². The molecule has 25 heavy (non-hydrogen) atoms. The number of aryl methyl sites for hydroxylation is 1. The molecule has 0 bridgehead atoms. The van der Waals surface area contributed by atoms with Crippen LogP contribution in [0.4, 0.5) is 0 Å². The number of carbonyl (C=O) groups is 2. The van der Waals surface area contributed by atoms with E-state index in [0.717, 1.165) is 5.75 Å². The van der Waals surface area contributed by atoms with Gasteiger partial charge in [-0.05, 0) is 37.1 Å². The molecule has 2 aromatic rings. The van der Waals surface area contributed by atoms with E-state index in [2.05, 4.69) is 10.1 Å². The monoisotopic (exact) mass is 342 g/mol. The summed E-state index contributed by atoms with van der Waals surface area (Å²) in [7, 11) is 1.60. The summed E-state index contributed by atoms with van der Waals surface area (Å²) in [5.41, 5.74) is 0.705. The number of hydrogen-bond donors (Lipinski definition) is 0. The van der Waals surface area contributed by atoms with Gasteiger partial charge in [0, 0.05) is 31.0 Å². The Labute approximate surface area is 146 Å². The van der Waals surface area contributed by atoms with Crippen molar-refractivity contribution >= 4 is 11.7 Å². The first-order chi connectivity index (χ1) is 12.2. The summed E-state index contributed by atoms with van der Waals surface area (Å²) in [5, 5.41) is 4.00. The van der Waals surface area contributed by atoms with E-state index < -0.39 is 0 Å². The molecule has 1 amide bonds. The van der Waals surface area contributed by atoms with Crippen LogP contribution in [0.2, 0.25) is 0 Å². The highest BCUT2D eigenvalue weighted by atomic mass is 16.5. The minimum absolute atomic E-state index is 0.0206. The lowest BCUT2D eigenvalue weighted by atomic mass is 9.89. The molecular formula is C18H22N4O3. The van der Waals surface area contributed by atoms with Gasteiger partial charge >= 0.3 is 0 Å². The Bertz CT molecular complexity index is 704. The quantitative estimate of drug-likeness (QED) is 0.748. The second-order valence-corrected chi connectivity index (χ2v) is 6.16. The van der Waals surface area contributed by atoms with Crippen LogP contribution in [0.1, 0.15) is 29.6 Å². The van der Waals surface area contributed by atoms with Gasteiger partial charge in [0.15, 0.2) is 5.78 Å². The number of aromatic nitrogens is 3. The summed E-state index contributed by atoms with van der Waals surface area (Å²) < 4.78 is 6.77. The predicted molar refractivity (Wildman–Crippen MR) is 91.3 cm³/mol. The van der Waals surface area contributed by atoms with Crippen LogP contribution in [0.15, 0.2) is 36.9 Å². The van der Waals surface area contributed by atoms with Gasteiger partial charge in [-0.2, -0.15) is 5.10 Å². The molecule has 0 unspecified atom stereocenters. The number of hydrogen-bond acceptors (Lipinski definition) is 5. The van der Waals surface area contributed by atoms with E-state index in [9.17, 15) is 9.59 Å². The van der Waals surface area contributed by atoms with Crippen molar-refractivity contribution in [1.82, 2.24) is 19.7 Å². The third-order valence-corrected chi connectivity index (χ3v) is 4.61. The maximum atomic E-state index is 12.6. The van der Waals surface area contributed by atoms with Gasteiger partial charge in [0.2, 0.25) is 5.91 Å². The first-order valence-corrected chi connectivity index (χ1v) is 8.46. The first-order valence-electron chi connectivity index (χ1n) is 8.46. The van der Waals surface area contributed by atoms with Crippen molar-refractivity contribution in [2.75, 3.05) is 20.2 Å². The number of Topliss-reactive ketones (excluding diaryl/α,β-unsaturated/α-hetero) is 1. The summed E-state index contributed by atoms with van der Waals surface area (Å²) in [5.74, 6) is 0.973. The van der Waals surface area contributed by atoms with Crippen molar-refractivity contribution in [3.05, 3.63) is 42.5 Å². The van der Waals surface area contributed by atoms with Gasteiger partial charge < -0.3 is 9.64 Å². The maximum Gasteiger partial charge on any atom is 0.224 e. The number of rotatable bonds is 6. The predicted octanol–water partition coefficient (Wildman–Crippen LogP) is 1.80. The van der Waals surface area contributed by atoms with E-state index in [1.165, 1.54) is 6.33 Å². The number of likely N-dealkylation sites (tertiary alicyclic amines) is 1. The topological polar surface area (TPSA) is 77.3 Å². The van der Waals surface area contributed by atoms with Crippen LogP contribution in [0.25, 0.3) is 0 Å². The first kappa shape index (κ1) is 17.1. The van der Waals surface area contributed by atoms with E-state index in [1.807, 2.05) is 4.90 Å². The average molecular weight is 342 g/mol. The SMILES string of the molecule is COc1ccc(C(=O)C2CCN(C(=O)CCn3cncn3)CC2)cc1. The van der Waals surface area contributed by atoms with Gasteiger partial charge in [-0.3, -0.25) is 14.3 Å². The van der Waals surface area contributed by atoms with Crippen molar-refractivity contribution < 1.29 is 14.3 Å². The Kier molecular flexibility index (Phi) is 5.42. The highest BCUT2D eigenvalue weighted by Gasteiger charge is 2.27. The van der Waals surface area contributed by atoms with Gasteiger partial charge in [0.1, 0.15) is 18.4 Å². The molecule has 0 N–H and O–H groups in total. The van der Waals surface area contributed by atoms with E-state index >= 15 is 0 Å². The third kappa shape index (κ3) is 4.23. The molecule has 0 radical (unpaired) electrons. The van der Waals surface area contributed by atoms with Crippen molar-refractivity contribution in [2.24, 2.45) is 5.92 Å². The minimum atomic E-state index is -0.0206. The van der Waals surface area contributed by atoms with Crippen LogP contribution in [0, 0.1) is 5.92 Å². The summed E-state index contributed by atoms with van der Waals surface area (Å²) >= 11 is 0. The van der Waals surface area contributed by atoms with E-state index in [-0.39, 0.29) is 17.6 Å². The zero-order valence-electron chi connectivity index (χ0n) is 14.3. The van der Waals surface area contributed by atoms with Crippen LogP contribution in [0.5, 0.6) is 5.75 Å². The minimum Gasteiger partial charge on any atom is -0.497 e. The normalized spacial score (nSPS) is 15.2. The second-order valence-electron chi connectivity index (χ2n) is 6.16. The summed E-state index contributed by atoms with van der Waals surface area (Å²) in [6.45, 7) is 1.79. The van der Waals surface area contributed by atoms with Crippen molar-refractivity contribution in [1.29, 1.82) is 0 Å². The van der Waals surface area contributed by atoms with E-state index in [0.29, 0.717) is 44.5 Å². The fourth-order valence-electron chi connectivity index (χ4n) is 3.10. The lowest BCUT2D eigenvalue weighted by Crippen LogP contribution is -2.40. The third-order valence-electron chi connectivity index (χ3n) is 4.61. The van der Waals surface area contributed by atoms with Crippen LogP contribution in [-0.2, 0) is 11.3 Å². The maximum absolute atomic E-state index is 12.6. The Morgan fingerprint density at radius 3 is 2.52 bits per heavy atom. The molecule has 132 valence electrons. The van der Waals surface area contributed by atoms with Crippen molar-refractivity contribution in [3.8, 4) is 5.75 Å². The molecule has 1 aromatic heterocycles. The molecule has 3 rings (SSSR count). The molecule has 1 aliphatic rings. The largest absolute Gasteiger partial charge is 0.497 e.